The number of hydrogen-bond donors (Lipinski definition) is 0. The van der Waals surface area contributed by atoms with Crippen molar-refractivity contribution in [2.24, 2.45) is 13.0 Å². The predicted octanol–water partition coefficient (Wildman–Crippen LogP) is 3.83. The van der Waals surface area contributed by atoms with Gasteiger partial charge in [-0.3, -0.25) is 8.97 Å². The number of pyridine rings is 1. The van der Waals surface area contributed by atoms with Crippen LogP contribution in [-0.4, -0.2) is 23.7 Å². The quantitative estimate of drug-likeness (QED) is 0.473. The molecule has 3 heterocycles. The Labute approximate surface area is 186 Å². The molecule has 1 saturated carbocycles. The van der Waals surface area contributed by atoms with E-state index in [1.54, 1.807) is 24.5 Å². The highest BCUT2D eigenvalue weighted by atomic mass is 19.4. The summed E-state index contributed by atoms with van der Waals surface area (Å²) in [5, 5.41) is 17.5. The van der Waals surface area contributed by atoms with E-state index in [0.29, 0.717) is 11.6 Å². The normalized spacial score (nSPS) is 20.5. The molecule has 33 heavy (non-hydrogen) atoms. The van der Waals surface area contributed by atoms with E-state index in [1.807, 2.05) is 23.7 Å². The van der Waals surface area contributed by atoms with Gasteiger partial charge in [0.1, 0.15) is 18.2 Å². The maximum Gasteiger partial charge on any atom is 0.418 e. The molecule has 0 N–H and O–H groups in total. The number of benzene rings is 1. The Hall–Kier alpha value is -3.87. The first-order chi connectivity index (χ1) is 15.6. The van der Waals surface area contributed by atoms with Gasteiger partial charge in [-0.15, -0.1) is 10.2 Å². The third-order valence-corrected chi connectivity index (χ3v) is 6.41. The number of rotatable bonds is 3. The summed E-state index contributed by atoms with van der Waals surface area (Å²) in [6.45, 7) is 2.15. The Balaban J connectivity index is 1.69. The molecule has 3 aromatic heterocycles. The van der Waals surface area contributed by atoms with Crippen LogP contribution in [0.3, 0.4) is 0 Å². The summed E-state index contributed by atoms with van der Waals surface area (Å²) >= 11 is 0. The fourth-order valence-corrected chi connectivity index (χ4v) is 5.01. The maximum atomic E-state index is 13.6. The summed E-state index contributed by atoms with van der Waals surface area (Å²) < 4.78 is 44.8. The van der Waals surface area contributed by atoms with Crippen molar-refractivity contribution in [2.75, 3.05) is 0 Å². The fraction of sp³-hybridized carbons (Fsp3) is 0.304. The van der Waals surface area contributed by atoms with Gasteiger partial charge >= 0.3 is 11.9 Å². The lowest BCUT2D eigenvalue weighted by atomic mass is 9.58. The third kappa shape index (κ3) is 3.15. The van der Waals surface area contributed by atoms with Gasteiger partial charge in [0.25, 0.3) is 0 Å². The predicted molar refractivity (Wildman–Crippen MR) is 113 cm³/mol. The Bertz CT molecular complexity index is 1480. The number of halogens is 3. The van der Waals surface area contributed by atoms with E-state index in [9.17, 15) is 18.0 Å². The molecule has 0 saturated heterocycles. The summed E-state index contributed by atoms with van der Waals surface area (Å²) in [6.07, 6.45) is 0.917. The molecule has 0 unspecified atom stereocenters. The fourth-order valence-electron chi connectivity index (χ4n) is 5.01. The monoisotopic (exact) mass is 452 g/mol. The van der Waals surface area contributed by atoms with Gasteiger partial charge in [0.05, 0.1) is 27.7 Å². The van der Waals surface area contributed by atoms with Crippen LogP contribution in [-0.2, 0) is 18.6 Å². The number of alkyl halides is 3. The number of nitriles is 1. The summed E-state index contributed by atoms with van der Waals surface area (Å²) in [6, 6.07) is 9.67. The van der Waals surface area contributed by atoms with Gasteiger partial charge in [0, 0.05) is 19.4 Å². The lowest BCUT2D eigenvalue weighted by Gasteiger charge is -2.46. The van der Waals surface area contributed by atoms with Gasteiger partial charge in [-0.2, -0.15) is 18.4 Å². The lowest BCUT2D eigenvalue weighted by molar-refractivity contribution is -0.136. The minimum atomic E-state index is -4.71. The zero-order valence-electron chi connectivity index (χ0n) is 17.8. The molecule has 1 aliphatic rings. The van der Waals surface area contributed by atoms with Crippen molar-refractivity contribution < 1.29 is 13.2 Å². The minimum absolute atomic E-state index is 0.242. The van der Waals surface area contributed by atoms with Crippen molar-refractivity contribution in [1.82, 2.24) is 23.7 Å². The van der Waals surface area contributed by atoms with Gasteiger partial charge < -0.3 is 4.57 Å². The second-order valence-corrected chi connectivity index (χ2v) is 8.70. The van der Waals surface area contributed by atoms with Crippen molar-refractivity contribution in [2.45, 2.75) is 31.4 Å². The maximum absolute atomic E-state index is 13.6. The number of hydrogen-bond acceptors (Lipinski definition) is 4. The summed E-state index contributed by atoms with van der Waals surface area (Å²) in [7, 11) is 1.88. The van der Waals surface area contributed by atoms with Gasteiger partial charge in [-0.25, -0.2) is 4.79 Å². The zero-order chi connectivity index (χ0) is 23.5. The molecule has 1 aromatic carbocycles. The van der Waals surface area contributed by atoms with Gasteiger partial charge in [-0.05, 0) is 42.5 Å². The number of aryl methyl sites for hydroxylation is 1. The standard InChI is InChI=1S/C23H19F3N6O/c1-14-8-22(9-14,20-29-28-13-30(20)2)16-4-3-5-17(7-16)31-12-19-18(23(24,25)26)6-15(10-27)11-32(19)21(31)33/h3-7,11-14H,8-9H2,1-2H3. The van der Waals surface area contributed by atoms with Crippen LogP contribution in [0, 0.1) is 17.2 Å². The van der Waals surface area contributed by atoms with Gasteiger partial charge in [0.15, 0.2) is 0 Å². The molecule has 0 amide bonds. The molecule has 4 aromatic rings. The third-order valence-electron chi connectivity index (χ3n) is 6.41. The molecular weight excluding hydrogens is 433 g/mol. The van der Waals surface area contributed by atoms with Crippen LogP contribution >= 0.6 is 0 Å². The topological polar surface area (TPSA) is 80.9 Å². The SMILES string of the molecule is CC1CC(c2cccc(-n3cc4c(C(F)(F)F)cc(C#N)cn4c3=O)c2)(c2nncn2C)C1. The lowest BCUT2D eigenvalue weighted by Crippen LogP contribution is -2.43. The average molecular weight is 452 g/mol. The van der Waals surface area contributed by atoms with Crippen LogP contribution in [0.25, 0.3) is 11.2 Å². The van der Waals surface area contributed by atoms with Crippen LogP contribution in [0.2, 0.25) is 0 Å². The van der Waals surface area contributed by atoms with Crippen molar-refractivity contribution in [3.8, 4) is 11.8 Å². The Morgan fingerprint density at radius 1 is 1.21 bits per heavy atom. The van der Waals surface area contributed by atoms with E-state index >= 15 is 0 Å². The second kappa shape index (κ2) is 7.07. The summed E-state index contributed by atoms with van der Waals surface area (Å²) in [4.78, 5) is 13.1. The Kier molecular flexibility index (Phi) is 4.50. The first-order valence-electron chi connectivity index (χ1n) is 10.3. The van der Waals surface area contributed by atoms with Crippen molar-refractivity contribution >= 4 is 5.52 Å². The van der Waals surface area contributed by atoms with Gasteiger partial charge in [0.2, 0.25) is 0 Å². The molecular formula is C23H19F3N6O. The summed E-state index contributed by atoms with van der Waals surface area (Å²) in [5.41, 5.74) is -1.28. The van der Waals surface area contributed by atoms with Crippen molar-refractivity contribution in [1.29, 1.82) is 5.26 Å². The molecule has 7 nitrogen and oxygen atoms in total. The molecule has 168 valence electrons. The average Bonchev–Trinajstić information content (AvgIpc) is 3.33. The summed E-state index contributed by atoms with van der Waals surface area (Å²) in [5.74, 6) is 1.29. The molecule has 1 fully saturated rings. The molecule has 0 atom stereocenters. The molecule has 5 rings (SSSR count). The van der Waals surface area contributed by atoms with E-state index in [1.165, 1.54) is 10.8 Å². The largest absolute Gasteiger partial charge is 0.418 e. The van der Waals surface area contributed by atoms with E-state index < -0.39 is 17.4 Å². The van der Waals surface area contributed by atoms with Crippen LogP contribution < -0.4 is 5.69 Å². The van der Waals surface area contributed by atoms with Crippen molar-refractivity contribution in [3.05, 3.63) is 82.1 Å². The molecule has 0 aliphatic heterocycles. The first kappa shape index (κ1) is 21.0. The highest BCUT2D eigenvalue weighted by Crippen LogP contribution is 2.51. The number of imidazole rings is 1. The zero-order valence-corrected chi connectivity index (χ0v) is 17.8. The molecule has 0 radical (unpaired) electrons. The smallest absolute Gasteiger partial charge is 0.320 e. The van der Waals surface area contributed by atoms with Crippen molar-refractivity contribution in [3.63, 3.8) is 0 Å². The van der Waals surface area contributed by atoms with Gasteiger partial charge in [-0.1, -0.05) is 19.1 Å². The highest BCUT2D eigenvalue weighted by Gasteiger charge is 2.48. The van der Waals surface area contributed by atoms with E-state index in [-0.39, 0.29) is 16.5 Å². The van der Waals surface area contributed by atoms with E-state index in [0.717, 1.165) is 40.9 Å². The van der Waals surface area contributed by atoms with Crippen LogP contribution in [0.1, 0.15) is 42.3 Å². The van der Waals surface area contributed by atoms with Crippen LogP contribution in [0.4, 0.5) is 13.2 Å². The van der Waals surface area contributed by atoms with Crippen LogP contribution in [0.5, 0.6) is 0 Å². The minimum Gasteiger partial charge on any atom is -0.320 e. The number of fused-ring (bicyclic) bond motifs is 1. The molecule has 1 aliphatic carbocycles. The second-order valence-electron chi connectivity index (χ2n) is 8.70. The first-order valence-corrected chi connectivity index (χ1v) is 10.3. The van der Waals surface area contributed by atoms with Crippen LogP contribution in [0.15, 0.2) is 53.8 Å². The van der Waals surface area contributed by atoms with E-state index in [4.69, 9.17) is 5.26 Å². The Morgan fingerprint density at radius 3 is 2.58 bits per heavy atom. The Morgan fingerprint density at radius 2 is 1.97 bits per heavy atom. The number of aromatic nitrogens is 5. The molecule has 10 heteroatoms. The number of nitrogens with zero attached hydrogens (tertiary/aromatic N) is 6. The van der Waals surface area contributed by atoms with E-state index in [2.05, 4.69) is 17.1 Å². The highest BCUT2D eigenvalue weighted by molar-refractivity contribution is 5.59. The molecule has 0 bridgehead atoms. The molecule has 0 spiro atoms.